The van der Waals surface area contributed by atoms with Crippen LogP contribution in [0.4, 0.5) is 0 Å². The van der Waals surface area contributed by atoms with E-state index in [9.17, 15) is 9.59 Å². The highest BCUT2D eigenvalue weighted by atomic mass is 79.9. The van der Waals surface area contributed by atoms with E-state index < -0.39 is 0 Å². The van der Waals surface area contributed by atoms with Crippen LogP contribution in [-0.4, -0.2) is 42.7 Å². The Hall–Kier alpha value is -1.44. The average Bonchev–Trinajstić information content (AvgIpc) is 2.67. The van der Waals surface area contributed by atoms with Crippen molar-refractivity contribution in [3.63, 3.8) is 0 Å². The Morgan fingerprint density at radius 2 is 1.84 bits per heavy atom. The average molecular weight is 411 g/mol. The van der Waals surface area contributed by atoms with Crippen molar-refractivity contribution in [1.82, 2.24) is 10.4 Å². The molecule has 7 heteroatoms. The van der Waals surface area contributed by atoms with Crippen molar-refractivity contribution in [3.8, 4) is 0 Å². The molecular weight excluding hydrogens is 388 g/mol. The molecule has 1 atom stereocenters. The molecule has 2 amide bonds. The first-order chi connectivity index (χ1) is 12.1. The number of benzene rings is 1. The van der Waals surface area contributed by atoms with Crippen LogP contribution in [0.5, 0.6) is 0 Å². The van der Waals surface area contributed by atoms with Crippen molar-refractivity contribution in [3.05, 3.63) is 34.3 Å². The number of hydroxylamine groups is 1. The number of halogens is 1. The number of carbonyl (C=O) groups is 2. The molecule has 6 nitrogen and oxygen atoms in total. The van der Waals surface area contributed by atoms with E-state index in [0.29, 0.717) is 38.1 Å². The van der Waals surface area contributed by atoms with Gasteiger partial charge in [0.1, 0.15) is 0 Å². The van der Waals surface area contributed by atoms with Crippen molar-refractivity contribution in [2.24, 2.45) is 5.92 Å². The third-order valence-electron chi connectivity index (χ3n) is 4.67. The molecule has 0 radical (unpaired) electrons. The third-order valence-corrected chi connectivity index (χ3v) is 5.20. The van der Waals surface area contributed by atoms with Crippen molar-refractivity contribution >= 4 is 27.7 Å². The largest absolute Gasteiger partial charge is 0.350 e. The van der Waals surface area contributed by atoms with Crippen LogP contribution in [0.1, 0.15) is 42.5 Å². The molecule has 3 rings (SSSR count). The van der Waals surface area contributed by atoms with Gasteiger partial charge in [-0.15, -0.1) is 0 Å². The molecule has 0 bridgehead atoms. The van der Waals surface area contributed by atoms with Crippen molar-refractivity contribution < 1.29 is 19.2 Å². The van der Waals surface area contributed by atoms with Gasteiger partial charge < -0.3 is 9.64 Å². The molecule has 1 aromatic carbocycles. The molecule has 0 aliphatic carbocycles. The van der Waals surface area contributed by atoms with Gasteiger partial charge in [0.25, 0.3) is 5.91 Å². The lowest BCUT2D eigenvalue weighted by Gasteiger charge is -2.31. The minimum Gasteiger partial charge on any atom is -0.350 e. The van der Waals surface area contributed by atoms with Gasteiger partial charge in [0, 0.05) is 42.1 Å². The highest BCUT2D eigenvalue weighted by Crippen LogP contribution is 2.21. The van der Waals surface area contributed by atoms with Crippen molar-refractivity contribution in [1.29, 1.82) is 0 Å². The van der Waals surface area contributed by atoms with Crippen LogP contribution in [-0.2, 0) is 14.4 Å². The van der Waals surface area contributed by atoms with E-state index in [1.165, 1.54) is 0 Å². The maximum absolute atomic E-state index is 12.5. The van der Waals surface area contributed by atoms with E-state index in [0.717, 1.165) is 23.7 Å². The molecule has 0 saturated carbocycles. The van der Waals surface area contributed by atoms with E-state index in [4.69, 9.17) is 9.57 Å². The summed E-state index contributed by atoms with van der Waals surface area (Å²) in [4.78, 5) is 31.9. The van der Waals surface area contributed by atoms with Crippen molar-refractivity contribution in [2.45, 2.75) is 38.4 Å². The molecule has 2 aliphatic heterocycles. The molecule has 0 spiro atoms. The predicted octanol–water partition coefficient (Wildman–Crippen LogP) is 2.88. The van der Waals surface area contributed by atoms with Crippen LogP contribution in [0, 0.1) is 5.92 Å². The number of nitrogens with zero attached hydrogens (tertiary/aromatic N) is 1. The monoisotopic (exact) mass is 410 g/mol. The van der Waals surface area contributed by atoms with Crippen LogP contribution in [0.3, 0.4) is 0 Å². The van der Waals surface area contributed by atoms with E-state index in [2.05, 4.69) is 21.4 Å². The Kier molecular flexibility index (Phi) is 6.45. The summed E-state index contributed by atoms with van der Waals surface area (Å²) in [6.07, 6.45) is 3.85. The molecule has 0 unspecified atom stereocenters. The number of amides is 2. The topological polar surface area (TPSA) is 67.9 Å². The Morgan fingerprint density at radius 3 is 2.48 bits per heavy atom. The number of likely N-dealkylation sites (tertiary alicyclic amines) is 1. The molecule has 25 heavy (non-hydrogen) atoms. The smallest absolute Gasteiger partial charge is 0.253 e. The highest BCUT2D eigenvalue weighted by molar-refractivity contribution is 9.10. The standard InChI is InChI=1S/C18H23BrN2O4/c19-15-6-4-14(5-7-15)18(23)21-10-8-13(9-11-21)17(22)20-25-16-3-1-2-12-24-16/h4-7,13,16H,1-3,8-12H2,(H,20,22)/t16-/m1/s1. The van der Waals surface area contributed by atoms with Crippen molar-refractivity contribution in [2.75, 3.05) is 19.7 Å². The first-order valence-electron chi connectivity index (χ1n) is 8.75. The number of ether oxygens (including phenoxy) is 1. The number of rotatable bonds is 4. The fraction of sp³-hybridized carbons (Fsp3) is 0.556. The third kappa shape index (κ3) is 5.03. The quantitative estimate of drug-likeness (QED) is 0.774. The zero-order valence-corrected chi connectivity index (χ0v) is 15.7. The lowest BCUT2D eigenvalue weighted by molar-refractivity contribution is -0.202. The summed E-state index contributed by atoms with van der Waals surface area (Å²) < 4.78 is 6.37. The first-order valence-corrected chi connectivity index (χ1v) is 9.55. The van der Waals surface area contributed by atoms with Crippen LogP contribution >= 0.6 is 15.9 Å². The van der Waals surface area contributed by atoms with E-state index >= 15 is 0 Å². The fourth-order valence-corrected chi connectivity index (χ4v) is 3.40. The van der Waals surface area contributed by atoms with Gasteiger partial charge in [0.15, 0.2) is 6.29 Å². The van der Waals surface area contributed by atoms with E-state index in [-0.39, 0.29) is 24.0 Å². The van der Waals surface area contributed by atoms with Crippen LogP contribution in [0.2, 0.25) is 0 Å². The summed E-state index contributed by atoms with van der Waals surface area (Å²) in [6.45, 7) is 1.83. The molecule has 2 fully saturated rings. The molecule has 2 aliphatic rings. The van der Waals surface area contributed by atoms with Gasteiger partial charge in [-0.3, -0.25) is 9.59 Å². The fourth-order valence-electron chi connectivity index (χ4n) is 3.13. The minimum absolute atomic E-state index is 0.0122. The van der Waals surface area contributed by atoms with E-state index in [1.54, 1.807) is 4.90 Å². The lowest BCUT2D eigenvalue weighted by atomic mass is 9.96. The maximum atomic E-state index is 12.5. The number of hydrogen-bond acceptors (Lipinski definition) is 4. The van der Waals surface area contributed by atoms with Crippen LogP contribution < -0.4 is 5.48 Å². The second kappa shape index (κ2) is 8.78. The zero-order chi connectivity index (χ0) is 17.6. The number of hydrogen-bond donors (Lipinski definition) is 1. The second-order valence-corrected chi connectivity index (χ2v) is 7.37. The highest BCUT2D eigenvalue weighted by Gasteiger charge is 2.28. The van der Waals surface area contributed by atoms with Crippen LogP contribution in [0.15, 0.2) is 28.7 Å². The summed E-state index contributed by atoms with van der Waals surface area (Å²) in [5.74, 6) is -0.235. The Bertz CT molecular complexity index is 594. The van der Waals surface area contributed by atoms with Gasteiger partial charge in [0.2, 0.25) is 5.91 Å². The van der Waals surface area contributed by atoms with Gasteiger partial charge in [-0.2, -0.15) is 0 Å². The molecular formula is C18H23BrN2O4. The molecule has 0 aromatic heterocycles. The number of nitrogens with one attached hydrogen (secondary N) is 1. The normalized spacial score (nSPS) is 21.8. The second-order valence-electron chi connectivity index (χ2n) is 6.45. The molecule has 136 valence electrons. The van der Waals surface area contributed by atoms with Crippen LogP contribution in [0.25, 0.3) is 0 Å². The molecule has 2 heterocycles. The summed E-state index contributed by atoms with van der Waals surface area (Å²) in [7, 11) is 0. The molecule has 2 saturated heterocycles. The lowest BCUT2D eigenvalue weighted by Crippen LogP contribution is -2.44. The van der Waals surface area contributed by atoms with Gasteiger partial charge in [-0.25, -0.2) is 10.3 Å². The number of piperidine rings is 1. The predicted molar refractivity (Wildman–Crippen MR) is 95.6 cm³/mol. The van der Waals surface area contributed by atoms with Gasteiger partial charge in [-0.1, -0.05) is 15.9 Å². The molecule has 1 N–H and O–H groups in total. The Balaban J connectivity index is 1.43. The van der Waals surface area contributed by atoms with Gasteiger partial charge in [0.05, 0.1) is 0 Å². The summed E-state index contributed by atoms with van der Waals surface area (Å²) >= 11 is 3.37. The summed E-state index contributed by atoms with van der Waals surface area (Å²) in [6, 6.07) is 7.34. The summed E-state index contributed by atoms with van der Waals surface area (Å²) in [5.41, 5.74) is 3.20. The Morgan fingerprint density at radius 1 is 1.12 bits per heavy atom. The number of carbonyl (C=O) groups excluding carboxylic acids is 2. The first kappa shape index (κ1) is 18.4. The summed E-state index contributed by atoms with van der Waals surface area (Å²) in [5, 5.41) is 0. The Labute approximate surface area is 155 Å². The van der Waals surface area contributed by atoms with E-state index in [1.807, 2.05) is 24.3 Å². The van der Waals surface area contributed by atoms with Gasteiger partial charge in [-0.05, 0) is 49.9 Å². The zero-order valence-electron chi connectivity index (χ0n) is 14.1. The van der Waals surface area contributed by atoms with Gasteiger partial charge >= 0.3 is 0 Å². The SMILES string of the molecule is O=C(NO[C@@H]1CCCCO1)C1CCN(C(=O)c2ccc(Br)cc2)CC1. The minimum atomic E-state index is -0.336. The molecule has 1 aromatic rings. The maximum Gasteiger partial charge on any atom is 0.253 e.